The zero-order chi connectivity index (χ0) is 18.5. The van der Waals surface area contributed by atoms with E-state index < -0.39 is 0 Å². The van der Waals surface area contributed by atoms with Gasteiger partial charge in [0.25, 0.3) is 5.56 Å². The topological polar surface area (TPSA) is 72.7 Å². The van der Waals surface area contributed by atoms with Crippen molar-refractivity contribution in [2.75, 3.05) is 11.9 Å². The summed E-state index contributed by atoms with van der Waals surface area (Å²) >= 11 is 1.45. The second-order valence-corrected chi connectivity index (χ2v) is 6.84. The molecule has 26 heavy (non-hydrogen) atoms. The van der Waals surface area contributed by atoms with Gasteiger partial charge in [-0.3, -0.25) is 9.20 Å². The molecule has 0 amide bonds. The third-order valence-corrected chi connectivity index (χ3v) is 4.90. The number of benzene rings is 1. The quantitative estimate of drug-likeness (QED) is 0.507. The number of hydrogen-bond donors (Lipinski definition) is 1. The molecule has 0 aliphatic heterocycles. The lowest BCUT2D eigenvalue weighted by Gasteiger charge is -2.08. The highest BCUT2D eigenvalue weighted by Gasteiger charge is 2.08. The van der Waals surface area contributed by atoms with Crippen LogP contribution in [0.15, 0.2) is 40.5 Å². The van der Waals surface area contributed by atoms with Crippen LogP contribution in [0.25, 0.3) is 4.96 Å². The largest absolute Gasteiger partial charge is 0.462 e. The van der Waals surface area contributed by atoms with E-state index in [4.69, 9.17) is 4.74 Å². The van der Waals surface area contributed by atoms with Crippen LogP contribution < -0.4 is 10.9 Å². The van der Waals surface area contributed by atoms with Crippen LogP contribution in [0.2, 0.25) is 0 Å². The Hall–Kier alpha value is -2.67. The SMILES string of the molecule is CCCCOC(=O)c1ccc(NCc2cc(=O)n3c(C)csc3n2)cc1. The van der Waals surface area contributed by atoms with Gasteiger partial charge >= 0.3 is 5.97 Å². The van der Waals surface area contributed by atoms with Crippen molar-refractivity contribution in [3.63, 3.8) is 0 Å². The Morgan fingerprint density at radius 2 is 2.08 bits per heavy atom. The summed E-state index contributed by atoms with van der Waals surface area (Å²) in [6.45, 7) is 4.82. The molecule has 0 atom stereocenters. The second-order valence-electron chi connectivity index (χ2n) is 6.00. The Balaban J connectivity index is 1.63. The summed E-state index contributed by atoms with van der Waals surface area (Å²) in [5.74, 6) is -0.307. The monoisotopic (exact) mass is 371 g/mol. The van der Waals surface area contributed by atoms with E-state index in [1.54, 1.807) is 22.6 Å². The summed E-state index contributed by atoms with van der Waals surface area (Å²) in [4.78, 5) is 29.3. The Labute approximate surface area is 155 Å². The highest BCUT2D eigenvalue weighted by atomic mass is 32.1. The number of anilines is 1. The van der Waals surface area contributed by atoms with Crippen molar-refractivity contribution in [2.45, 2.75) is 33.2 Å². The Kier molecular flexibility index (Phi) is 5.68. The summed E-state index contributed by atoms with van der Waals surface area (Å²) in [6, 6.07) is 8.63. The van der Waals surface area contributed by atoms with Gasteiger partial charge in [-0.15, -0.1) is 11.3 Å². The molecule has 0 bridgehead atoms. The number of carbonyl (C=O) groups is 1. The Morgan fingerprint density at radius 1 is 1.31 bits per heavy atom. The predicted octanol–water partition coefficient (Wildman–Crippen LogP) is 3.63. The number of fused-ring (bicyclic) bond motifs is 1. The fourth-order valence-electron chi connectivity index (χ4n) is 2.50. The lowest BCUT2D eigenvalue weighted by atomic mass is 10.2. The highest BCUT2D eigenvalue weighted by molar-refractivity contribution is 7.15. The molecule has 0 aliphatic rings. The van der Waals surface area contributed by atoms with Crippen molar-refractivity contribution in [1.29, 1.82) is 0 Å². The van der Waals surface area contributed by atoms with Gasteiger partial charge in [-0.25, -0.2) is 9.78 Å². The highest BCUT2D eigenvalue weighted by Crippen LogP contribution is 2.14. The molecule has 1 aromatic carbocycles. The molecule has 0 unspecified atom stereocenters. The van der Waals surface area contributed by atoms with Crippen molar-refractivity contribution >= 4 is 28.0 Å². The van der Waals surface area contributed by atoms with Crippen molar-refractivity contribution in [3.05, 3.63) is 63.0 Å². The molecule has 136 valence electrons. The number of rotatable bonds is 7. The van der Waals surface area contributed by atoms with E-state index in [1.807, 2.05) is 24.4 Å². The third kappa shape index (κ3) is 4.11. The van der Waals surface area contributed by atoms with Crippen LogP contribution in [0, 0.1) is 6.92 Å². The molecule has 0 fully saturated rings. The minimum absolute atomic E-state index is 0.0734. The van der Waals surface area contributed by atoms with Crippen LogP contribution in [0.4, 0.5) is 5.69 Å². The average Bonchev–Trinajstić information content (AvgIpc) is 3.02. The first-order valence-electron chi connectivity index (χ1n) is 8.56. The molecule has 2 heterocycles. The van der Waals surface area contributed by atoms with Gasteiger partial charge in [0, 0.05) is 22.8 Å². The van der Waals surface area contributed by atoms with Gasteiger partial charge in [-0.1, -0.05) is 13.3 Å². The van der Waals surface area contributed by atoms with Crippen LogP contribution in [0.5, 0.6) is 0 Å². The Bertz CT molecular complexity index is 960. The summed E-state index contributed by atoms with van der Waals surface area (Å²) in [6.07, 6.45) is 1.86. The number of aromatic nitrogens is 2. The zero-order valence-electron chi connectivity index (χ0n) is 14.8. The maximum absolute atomic E-state index is 12.2. The lowest BCUT2D eigenvalue weighted by Crippen LogP contribution is -2.16. The van der Waals surface area contributed by atoms with E-state index in [-0.39, 0.29) is 11.5 Å². The first kappa shape index (κ1) is 18.1. The predicted molar refractivity (Wildman–Crippen MR) is 103 cm³/mol. The van der Waals surface area contributed by atoms with Crippen LogP contribution >= 0.6 is 11.3 Å². The molecule has 6 nitrogen and oxygen atoms in total. The Morgan fingerprint density at radius 3 is 2.81 bits per heavy atom. The summed E-state index contributed by atoms with van der Waals surface area (Å²) in [7, 11) is 0. The van der Waals surface area contributed by atoms with Gasteiger partial charge in [0.1, 0.15) is 0 Å². The van der Waals surface area contributed by atoms with Gasteiger partial charge in [0.15, 0.2) is 4.96 Å². The molecule has 0 spiro atoms. The first-order chi connectivity index (χ1) is 12.6. The van der Waals surface area contributed by atoms with E-state index in [9.17, 15) is 9.59 Å². The van der Waals surface area contributed by atoms with Crippen molar-refractivity contribution in [1.82, 2.24) is 9.38 Å². The minimum atomic E-state index is -0.307. The number of ether oxygens (including phenoxy) is 1. The fourth-order valence-corrected chi connectivity index (χ4v) is 3.39. The molecule has 2 aromatic heterocycles. The van der Waals surface area contributed by atoms with E-state index in [0.29, 0.717) is 29.4 Å². The van der Waals surface area contributed by atoms with Crippen LogP contribution in [-0.2, 0) is 11.3 Å². The molecule has 0 saturated heterocycles. The summed E-state index contributed by atoms with van der Waals surface area (Å²) < 4.78 is 6.79. The maximum atomic E-state index is 12.2. The van der Waals surface area contributed by atoms with Crippen molar-refractivity contribution in [3.8, 4) is 0 Å². The lowest BCUT2D eigenvalue weighted by molar-refractivity contribution is 0.0500. The summed E-state index contributed by atoms with van der Waals surface area (Å²) in [5.41, 5.74) is 2.87. The number of carbonyl (C=O) groups excluding carboxylic acids is 1. The molecule has 0 radical (unpaired) electrons. The van der Waals surface area contributed by atoms with Crippen LogP contribution in [0.3, 0.4) is 0 Å². The number of esters is 1. The number of thiazole rings is 1. The smallest absolute Gasteiger partial charge is 0.338 e. The van der Waals surface area contributed by atoms with Gasteiger partial charge in [-0.2, -0.15) is 0 Å². The molecule has 0 aliphatic carbocycles. The second kappa shape index (κ2) is 8.14. The van der Waals surface area contributed by atoms with Gasteiger partial charge in [-0.05, 0) is 37.6 Å². The molecule has 0 saturated carbocycles. The third-order valence-electron chi connectivity index (χ3n) is 3.95. The van der Waals surface area contributed by atoms with Gasteiger partial charge in [0.05, 0.1) is 24.4 Å². The van der Waals surface area contributed by atoms with E-state index >= 15 is 0 Å². The number of nitrogens with one attached hydrogen (secondary N) is 1. The average molecular weight is 371 g/mol. The zero-order valence-corrected chi connectivity index (χ0v) is 15.6. The molecule has 3 aromatic rings. The molecule has 7 heteroatoms. The van der Waals surface area contributed by atoms with Crippen molar-refractivity contribution < 1.29 is 9.53 Å². The fraction of sp³-hybridized carbons (Fsp3) is 0.316. The maximum Gasteiger partial charge on any atom is 0.338 e. The van der Waals surface area contributed by atoms with Gasteiger partial charge in [0.2, 0.25) is 0 Å². The number of aryl methyl sites for hydroxylation is 1. The first-order valence-corrected chi connectivity index (χ1v) is 9.44. The number of nitrogens with zero attached hydrogens (tertiary/aromatic N) is 2. The van der Waals surface area contributed by atoms with E-state index in [2.05, 4.69) is 17.2 Å². The number of unbranched alkanes of at least 4 members (excludes halogenated alkanes) is 1. The molecule has 1 N–H and O–H groups in total. The molecule has 3 rings (SSSR count). The van der Waals surface area contributed by atoms with Crippen LogP contribution in [0.1, 0.15) is 41.5 Å². The minimum Gasteiger partial charge on any atom is -0.462 e. The molecular formula is C19H21N3O3S. The van der Waals surface area contributed by atoms with E-state index in [0.717, 1.165) is 24.2 Å². The van der Waals surface area contributed by atoms with Crippen LogP contribution in [-0.4, -0.2) is 22.0 Å². The van der Waals surface area contributed by atoms with Crippen molar-refractivity contribution in [2.24, 2.45) is 0 Å². The molecular weight excluding hydrogens is 350 g/mol. The van der Waals surface area contributed by atoms with Gasteiger partial charge < -0.3 is 10.1 Å². The normalized spacial score (nSPS) is 10.8. The van der Waals surface area contributed by atoms with E-state index in [1.165, 1.54) is 11.3 Å². The number of hydrogen-bond acceptors (Lipinski definition) is 6. The summed E-state index contributed by atoms with van der Waals surface area (Å²) in [5, 5.41) is 5.14. The standard InChI is InChI=1S/C19H21N3O3S/c1-3-4-9-25-18(24)14-5-7-15(8-6-14)20-11-16-10-17(23)22-13(2)12-26-19(22)21-16/h5-8,10,12,20H,3-4,9,11H2,1-2H3.